The molecule has 0 aliphatic rings. The van der Waals surface area contributed by atoms with Crippen LogP contribution >= 0.6 is 11.6 Å². The molecule has 2 aromatic carbocycles. The van der Waals surface area contributed by atoms with Crippen LogP contribution in [0.4, 0.5) is 0 Å². The lowest BCUT2D eigenvalue weighted by atomic mass is 10.2. The summed E-state index contributed by atoms with van der Waals surface area (Å²) in [6, 6.07) is 14.3. The van der Waals surface area contributed by atoms with Crippen molar-refractivity contribution in [1.82, 2.24) is 19.7 Å². The number of hydrogen-bond donors (Lipinski definition) is 1. The molecule has 7 heteroatoms. The fourth-order valence-electron chi connectivity index (χ4n) is 2.97. The average molecular weight is 381 g/mol. The van der Waals surface area contributed by atoms with Crippen molar-refractivity contribution < 1.29 is 9.53 Å². The van der Waals surface area contributed by atoms with Gasteiger partial charge in [-0.25, -0.2) is 9.78 Å². The number of H-pyrrole nitrogens is 1. The fourth-order valence-corrected chi connectivity index (χ4v) is 3.09. The van der Waals surface area contributed by atoms with Crippen LogP contribution in [-0.2, 0) is 6.42 Å². The lowest BCUT2D eigenvalue weighted by molar-refractivity contribution is 0.0721. The number of aryl methyl sites for hydroxylation is 1. The number of hydrogen-bond acceptors (Lipinski definition) is 4. The summed E-state index contributed by atoms with van der Waals surface area (Å²) in [6.07, 6.45) is 0.676. The Labute approximate surface area is 160 Å². The van der Waals surface area contributed by atoms with Gasteiger partial charge in [0.25, 0.3) is 0 Å². The summed E-state index contributed by atoms with van der Waals surface area (Å²) in [7, 11) is 0. The van der Waals surface area contributed by atoms with Crippen LogP contribution in [0.1, 0.15) is 28.5 Å². The topological polar surface area (TPSA) is 72.8 Å². The molecule has 2 heterocycles. The van der Waals surface area contributed by atoms with Crippen LogP contribution in [0.3, 0.4) is 0 Å². The Kier molecular flexibility index (Phi) is 4.41. The van der Waals surface area contributed by atoms with E-state index >= 15 is 0 Å². The highest BCUT2D eigenvalue weighted by atomic mass is 35.5. The first kappa shape index (κ1) is 17.3. The van der Waals surface area contributed by atoms with E-state index in [1.807, 2.05) is 38.1 Å². The molecule has 27 heavy (non-hydrogen) atoms. The van der Waals surface area contributed by atoms with E-state index in [-0.39, 0.29) is 0 Å². The number of fused-ring (bicyclic) bond motifs is 1. The third-order valence-electron chi connectivity index (χ3n) is 4.34. The van der Waals surface area contributed by atoms with Crippen LogP contribution in [0, 0.1) is 6.92 Å². The number of nitrogens with one attached hydrogen (secondary N) is 1. The molecule has 4 aromatic rings. The molecule has 0 unspecified atom stereocenters. The molecule has 0 spiro atoms. The normalized spacial score (nSPS) is 11.1. The highest BCUT2D eigenvalue weighted by molar-refractivity contribution is 6.30. The lowest BCUT2D eigenvalue weighted by Crippen LogP contribution is -2.13. The van der Waals surface area contributed by atoms with Gasteiger partial charge in [0.2, 0.25) is 11.8 Å². The Hall–Kier alpha value is -3.12. The first-order chi connectivity index (χ1) is 13.1. The predicted octanol–water partition coefficient (Wildman–Crippen LogP) is 4.49. The fraction of sp³-hybridized carbons (Fsp3) is 0.150. The van der Waals surface area contributed by atoms with Crippen LogP contribution < -0.4 is 4.74 Å². The van der Waals surface area contributed by atoms with Crippen molar-refractivity contribution in [2.45, 2.75) is 20.3 Å². The second kappa shape index (κ2) is 6.89. The molecule has 2 aromatic heterocycles. The zero-order valence-electron chi connectivity index (χ0n) is 14.9. The largest absolute Gasteiger partial charge is 0.403 e. The standard InChI is InChI=1S/C20H17ClN4O2/c1-3-15-12(2)24-25(20-22-16-6-4-5-7-17(16)23-20)18(15)27-19(26)13-8-10-14(21)11-9-13/h4-11H,3H2,1-2H3,(H,22,23). The van der Waals surface area contributed by atoms with Gasteiger partial charge in [-0.15, -0.1) is 0 Å². The van der Waals surface area contributed by atoms with Crippen LogP contribution in [0.5, 0.6) is 5.88 Å². The van der Waals surface area contributed by atoms with Crippen LogP contribution in [0.25, 0.3) is 17.0 Å². The number of esters is 1. The summed E-state index contributed by atoms with van der Waals surface area (Å²) >= 11 is 5.89. The minimum atomic E-state index is -0.473. The molecule has 0 radical (unpaired) electrons. The maximum Gasteiger partial charge on any atom is 0.344 e. The van der Waals surface area contributed by atoms with Crippen molar-refractivity contribution in [2.24, 2.45) is 0 Å². The molecule has 136 valence electrons. The highest BCUT2D eigenvalue weighted by Crippen LogP contribution is 2.27. The van der Waals surface area contributed by atoms with E-state index in [9.17, 15) is 4.79 Å². The molecule has 0 fully saturated rings. The maximum absolute atomic E-state index is 12.6. The van der Waals surface area contributed by atoms with Gasteiger partial charge >= 0.3 is 5.97 Å². The van der Waals surface area contributed by atoms with Gasteiger partial charge in [-0.3, -0.25) is 0 Å². The van der Waals surface area contributed by atoms with E-state index in [4.69, 9.17) is 16.3 Å². The molecule has 6 nitrogen and oxygen atoms in total. The quantitative estimate of drug-likeness (QED) is 0.529. The van der Waals surface area contributed by atoms with Gasteiger partial charge < -0.3 is 9.72 Å². The van der Waals surface area contributed by atoms with Crippen molar-refractivity contribution in [3.8, 4) is 11.8 Å². The Balaban J connectivity index is 1.77. The SMILES string of the molecule is CCc1c(C)nn(-c2nc3ccccc3[nH]2)c1OC(=O)c1ccc(Cl)cc1. The summed E-state index contributed by atoms with van der Waals surface area (Å²) < 4.78 is 7.27. The average Bonchev–Trinajstić information content (AvgIpc) is 3.22. The molecule has 4 rings (SSSR count). The Bertz CT molecular complexity index is 1100. The minimum absolute atomic E-state index is 0.369. The van der Waals surface area contributed by atoms with Crippen LogP contribution in [-0.4, -0.2) is 25.7 Å². The lowest BCUT2D eigenvalue weighted by Gasteiger charge is -2.08. The Morgan fingerprint density at radius 3 is 2.63 bits per heavy atom. The molecule has 0 saturated carbocycles. The number of halogens is 1. The third-order valence-corrected chi connectivity index (χ3v) is 4.59. The van der Waals surface area contributed by atoms with Crippen molar-refractivity contribution in [3.63, 3.8) is 0 Å². The number of carbonyl (C=O) groups is 1. The van der Waals surface area contributed by atoms with E-state index in [2.05, 4.69) is 15.1 Å². The van der Waals surface area contributed by atoms with Gasteiger partial charge in [0, 0.05) is 10.6 Å². The third kappa shape index (κ3) is 3.19. The second-order valence-corrected chi connectivity index (χ2v) is 6.54. The predicted molar refractivity (Wildman–Crippen MR) is 104 cm³/mol. The number of aromatic nitrogens is 4. The number of carbonyl (C=O) groups excluding carboxylic acids is 1. The van der Waals surface area contributed by atoms with Crippen molar-refractivity contribution in [2.75, 3.05) is 0 Å². The first-order valence-electron chi connectivity index (χ1n) is 8.58. The number of aromatic amines is 1. The van der Waals surface area contributed by atoms with Crippen molar-refractivity contribution in [1.29, 1.82) is 0 Å². The van der Waals surface area contributed by atoms with Crippen molar-refractivity contribution >= 4 is 28.6 Å². The molecule has 0 aliphatic heterocycles. The number of imidazole rings is 1. The van der Waals surface area contributed by atoms with E-state index in [1.165, 1.54) is 0 Å². The summed E-state index contributed by atoms with van der Waals surface area (Å²) in [5.41, 5.74) is 3.76. The van der Waals surface area contributed by atoms with E-state index in [0.29, 0.717) is 28.8 Å². The maximum atomic E-state index is 12.6. The summed E-state index contributed by atoms with van der Waals surface area (Å²) in [4.78, 5) is 20.4. The smallest absolute Gasteiger partial charge is 0.344 e. The van der Waals surface area contributed by atoms with Gasteiger partial charge in [-0.05, 0) is 49.7 Å². The number of benzene rings is 2. The monoisotopic (exact) mass is 380 g/mol. The van der Waals surface area contributed by atoms with E-state index in [1.54, 1.807) is 28.9 Å². The number of para-hydroxylation sites is 2. The first-order valence-corrected chi connectivity index (χ1v) is 8.96. The summed E-state index contributed by atoms with van der Waals surface area (Å²) in [6.45, 7) is 3.88. The zero-order valence-corrected chi connectivity index (χ0v) is 15.6. The molecule has 0 saturated heterocycles. The number of nitrogens with zero attached hydrogens (tertiary/aromatic N) is 3. The molecule has 0 bridgehead atoms. The van der Waals surface area contributed by atoms with Gasteiger partial charge in [-0.2, -0.15) is 9.78 Å². The summed E-state index contributed by atoms with van der Waals surface area (Å²) in [5.74, 6) is 0.394. The zero-order chi connectivity index (χ0) is 19.0. The molecule has 0 aliphatic carbocycles. The Morgan fingerprint density at radius 1 is 1.19 bits per heavy atom. The molecular formula is C20H17ClN4O2. The van der Waals surface area contributed by atoms with Gasteiger partial charge in [0.1, 0.15) is 0 Å². The van der Waals surface area contributed by atoms with E-state index in [0.717, 1.165) is 22.3 Å². The Morgan fingerprint density at radius 2 is 1.93 bits per heavy atom. The molecule has 0 amide bonds. The number of ether oxygens (including phenoxy) is 1. The van der Waals surface area contributed by atoms with Crippen LogP contribution in [0.15, 0.2) is 48.5 Å². The molecule has 1 N–H and O–H groups in total. The van der Waals surface area contributed by atoms with Gasteiger partial charge in [0.15, 0.2) is 0 Å². The molecule has 0 atom stereocenters. The molecular weight excluding hydrogens is 364 g/mol. The highest BCUT2D eigenvalue weighted by Gasteiger charge is 2.22. The number of rotatable bonds is 4. The van der Waals surface area contributed by atoms with Crippen molar-refractivity contribution in [3.05, 3.63) is 70.4 Å². The summed E-state index contributed by atoms with van der Waals surface area (Å²) in [5, 5.41) is 5.09. The van der Waals surface area contributed by atoms with Gasteiger partial charge in [0.05, 0.1) is 22.3 Å². The van der Waals surface area contributed by atoms with E-state index < -0.39 is 5.97 Å². The second-order valence-electron chi connectivity index (χ2n) is 6.11. The van der Waals surface area contributed by atoms with Crippen LogP contribution in [0.2, 0.25) is 5.02 Å². The van der Waals surface area contributed by atoms with Gasteiger partial charge in [-0.1, -0.05) is 30.7 Å². The minimum Gasteiger partial charge on any atom is -0.403 e.